The molecular weight excluding hydrogens is 136 g/mol. The molecule has 0 amide bonds. The lowest BCUT2D eigenvalue weighted by atomic mass is 10.1. The third-order valence-corrected chi connectivity index (χ3v) is 1.96. The van der Waals surface area contributed by atoms with Gasteiger partial charge in [-0.3, -0.25) is 0 Å². The lowest BCUT2D eigenvalue weighted by Gasteiger charge is -2.11. The minimum Gasteiger partial charge on any atom is -0.171 e. The Bertz CT molecular complexity index is 107. The Hall–Kier alpha value is 0.440. The number of allylic oxidation sites excluding steroid dienone is 1. The second kappa shape index (κ2) is 2.83. The first-order chi connectivity index (χ1) is 3.79. The zero-order valence-electron chi connectivity index (χ0n) is 4.59. The number of rotatable bonds is 0. The standard InChI is InChI=1S/C6H9S2/c7-5-2-1-3-6(8)4-5/h5,7-8H,1-3H2. The Morgan fingerprint density at radius 2 is 2.38 bits per heavy atom. The zero-order chi connectivity index (χ0) is 5.98. The van der Waals surface area contributed by atoms with Gasteiger partial charge in [-0.15, -0.1) is 12.6 Å². The average molecular weight is 145 g/mol. The summed E-state index contributed by atoms with van der Waals surface area (Å²) in [6, 6.07) is 0. The second-order valence-corrected chi connectivity index (χ2v) is 3.16. The average Bonchev–Trinajstić information content (AvgIpc) is 1.64. The summed E-state index contributed by atoms with van der Waals surface area (Å²) in [5, 5.41) is 0.344. The molecule has 1 aliphatic carbocycles. The summed E-state index contributed by atoms with van der Waals surface area (Å²) >= 11 is 8.42. The molecule has 0 saturated carbocycles. The van der Waals surface area contributed by atoms with Crippen molar-refractivity contribution in [3.05, 3.63) is 11.0 Å². The molecule has 0 aliphatic heterocycles. The number of hydrogen-bond acceptors (Lipinski definition) is 2. The zero-order valence-corrected chi connectivity index (χ0v) is 6.38. The van der Waals surface area contributed by atoms with Crippen molar-refractivity contribution in [1.82, 2.24) is 0 Å². The fraction of sp³-hybridized carbons (Fsp3) is 0.667. The molecule has 0 aromatic carbocycles. The van der Waals surface area contributed by atoms with Crippen molar-refractivity contribution in [2.45, 2.75) is 24.5 Å². The van der Waals surface area contributed by atoms with Crippen molar-refractivity contribution in [1.29, 1.82) is 0 Å². The van der Waals surface area contributed by atoms with Crippen LogP contribution in [-0.2, 0) is 0 Å². The topological polar surface area (TPSA) is 0 Å². The lowest BCUT2D eigenvalue weighted by Crippen LogP contribution is -2.00. The van der Waals surface area contributed by atoms with Crippen molar-refractivity contribution >= 4 is 25.3 Å². The normalized spacial score (nSPS) is 29.8. The molecule has 0 aromatic rings. The molecule has 1 rings (SSSR count). The van der Waals surface area contributed by atoms with Crippen LogP contribution in [0, 0.1) is 6.08 Å². The lowest BCUT2D eigenvalue weighted by molar-refractivity contribution is 0.726. The maximum atomic E-state index is 4.24. The van der Waals surface area contributed by atoms with E-state index in [1.54, 1.807) is 0 Å². The highest BCUT2D eigenvalue weighted by molar-refractivity contribution is 7.84. The molecule has 1 atom stereocenters. The highest BCUT2D eigenvalue weighted by Crippen LogP contribution is 2.22. The predicted molar refractivity (Wildman–Crippen MR) is 42.4 cm³/mol. The molecule has 0 aromatic heterocycles. The third kappa shape index (κ3) is 1.75. The minimum atomic E-state index is 0.344. The molecule has 1 aliphatic rings. The minimum absolute atomic E-state index is 0.344. The molecule has 1 unspecified atom stereocenters. The maximum Gasteiger partial charge on any atom is 0.0278 e. The Morgan fingerprint density at radius 3 is 2.75 bits per heavy atom. The molecule has 2 heteroatoms. The SMILES string of the molecule is SC1=[C]C(S)CCC1. The summed E-state index contributed by atoms with van der Waals surface area (Å²) in [7, 11) is 0. The predicted octanol–water partition coefficient (Wildman–Crippen LogP) is 2.09. The van der Waals surface area contributed by atoms with Crippen molar-refractivity contribution in [2.75, 3.05) is 0 Å². The molecule has 0 heterocycles. The monoisotopic (exact) mass is 145 g/mol. The molecule has 0 saturated heterocycles. The van der Waals surface area contributed by atoms with Gasteiger partial charge >= 0.3 is 0 Å². The summed E-state index contributed by atoms with van der Waals surface area (Å²) in [6.45, 7) is 0. The Morgan fingerprint density at radius 1 is 1.62 bits per heavy atom. The first-order valence-electron chi connectivity index (χ1n) is 2.78. The van der Waals surface area contributed by atoms with Crippen molar-refractivity contribution in [3.63, 3.8) is 0 Å². The van der Waals surface area contributed by atoms with Crippen molar-refractivity contribution in [2.24, 2.45) is 0 Å². The van der Waals surface area contributed by atoms with Gasteiger partial charge in [0.2, 0.25) is 0 Å². The van der Waals surface area contributed by atoms with Crippen LogP contribution in [0.1, 0.15) is 19.3 Å². The van der Waals surface area contributed by atoms with Gasteiger partial charge in [0.05, 0.1) is 0 Å². The van der Waals surface area contributed by atoms with Crippen LogP contribution >= 0.6 is 25.3 Å². The first-order valence-corrected chi connectivity index (χ1v) is 3.75. The first kappa shape index (κ1) is 6.56. The van der Waals surface area contributed by atoms with Crippen LogP contribution in [0.3, 0.4) is 0 Å². The van der Waals surface area contributed by atoms with Gasteiger partial charge in [-0.05, 0) is 30.2 Å². The van der Waals surface area contributed by atoms with Gasteiger partial charge in [0.1, 0.15) is 0 Å². The van der Waals surface area contributed by atoms with E-state index in [4.69, 9.17) is 0 Å². The molecular formula is C6H9S2. The highest BCUT2D eigenvalue weighted by Gasteiger charge is 2.06. The van der Waals surface area contributed by atoms with Gasteiger partial charge in [-0.1, -0.05) is 0 Å². The van der Waals surface area contributed by atoms with E-state index in [-0.39, 0.29) is 0 Å². The maximum absolute atomic E-state index is 4.24. The highest BCUT2D eigenvalue weighted by atomic mass is 32.1. The largest absolute Gasteiger partial charge is 0.171 e. The molecule has 8 heavy (non-hydrogen) atoms. The molecule has 0 nitrogen and oxygen atoms in total. The smallest absolute Gasteiger partial charge is 0.0278 e. The Labute approximate surface area is 61.2 Å². The van der Waals surface area contributed by atoms with Gasteiger partial charge in [-0.2, -0.15) is 12.6 Å². The van der Waals surface area contributed by atoms with E-state index in [2.05, 4.69) is 31.3 Å². The summed E-state index contributed by atoms with van der Waals surface area (Å²) < 4.78 is 0. The fourth-order valence-electron chi connectivity index (χ4n) is 0.800. The van der Waals surface area contributed by atoms with Crippen LogP contribution in [0.5, 0.6) is 0 Å². The van der Waals surface area contributed by atoms with Gasteiger partial charge in [0.15, 0.2) is 0 Å². The third-order valence-electron chi connectivity index (χ3n) is 1.22. The van der Waals surface area contributed by atoms with E-state index in [0.29, 0.717) is 5.25 Å². The Balaban J connectivity index is 2.50. The quantitative estimate of drug-likeness (QED) is 0.479. The number of hydrogen-bond donors (Lipinski definition) is 2. The van der Waals surface area contributed by atoms with E-state index in [1.807, 2.05) is 0 Å². The van der Waals surface area contributed by atoms with Gasteiger partial charge in [0, 0.05) is 5.25 Å². The second-order valence-electron chi connectivity index (χ2n) is 2.00. The molecule has 0 bridgehead atoms. The molecule has 0 N–H and O–H groups in total. The molecule has 45 valence electrons. The van der Waals surface area contributed by atoms with Crippen molar-refractivity contribution < 1.29 is 0 Å². The fourth-order valence-corrected chi connectivity index (χ4v) is 1.55. The van der Waals surface area contributed by atoms with E-state index in [0.717, 1.165) is 17.7 Å². The Kier molecular flexibility index (Phi) is 2.32. The summed E-state index contributed by atoms with van der Waals surface area (Å²) in [6.07, 6.45) is 6.60. The molecule has 1 radical (unpaired) electrons. The number of thiol groups is 2. The van der Waals surface area contributed by atoms with Crippen LogP contribution in [0.15, 0.2) is 4.91 Å². The van der Waals surface area contributed by atoms with Gasteiger partial charge < -0.3 is 0 Å². The van der Waals surface area contributed by atoms with Crippen molar-refractivity contribution in [3.8, 4) is 0 Å². The van der Waals surface area contributed by atoms with Crippen LogP contribution in [-0.4, -0.2) is 5.25 Å². The summed E-state index contributed by atoms with van der Waals surface area (Å²) in [5.41, 5.74) is 0. The van der Waals surface area contributed by atoms with E-state index in [9.17, 15) is 0 Å². The van der Waals surface area contributed by atoms with Crippen LogP contribution in [0.2, 0.25) is 0 Å². The van der Waals surface area contributed by atoms with Crippen LogP contribution in [0.4, 0.5) is 0 Å². The molecule has 0 fully saturated rings. The van der Waals surface area contributed by atoms with E-state index >= 15 is 0 Å². The van der Waals surface area contributed by atoms with E-state index < -0.39 is 0 Å². The van der Waals surface area contributed by atoms with Gasteiger partial charge in [0.25, 0.3) is 0 Å². The van der Waals surface area contributed by atoms with Crippen LogP contribution < -0.4 is 0 Å². The van der Waals surface area contributed by atoms with E-state index in [1.165, 1.54) is 6.42 Å². The molecule has 0 spiro atoms. The summed E-state index contributed by atoms with van der Waals surface area (Å²) in [5.74, 6) is 0. The van der Waals surface area contributed by atoms with Gasteiger partial charge in [-0.25, -0.2) is 0 Å². The van der Waals surface area contributed by atoms with Crippen LogP contribution in [0.25, 0.3) is 0 Å². The summed E-state index contributed by atoms with van der Waals surface area (Å²) in [4.78, 5) is 1.08.